The SMILES string of the molecule is C[C@H]1[C@@H](CN2CCCCC2)O[C@@H](c2cccc(NC(=O)c3c(F)c(F)c(F)c(F)c3F)c2)O[C@H]1c1ccc(CO)cc1. The van der Waals surface area contributed by atoms with Crippen molar-refractivity contribution >= 4 is 11.6 Å². The van der Waals surface area contributed by atoms with Crippen LogP contribution in [0.4, 0.5) is 27.6 Å². The average molecular weight is 591 g/mol. The van der Waals surface area contributed by atoms with Crippen LogP contribution in [-0.4, -0.2) is 41.7 Å². The molecule has 4 atom stereocenters. The van der Waals surface area contributed by atoms with Crippen molar-refractivity contribution in [3.05, 3.63) is 99.9 Å². The minimum absolute atomic E-state index is 0.0414. The van der Waals surface area contributed by atoms with Crippen LogP contribution in [0.25, 0.3) is 0 Å². The number of ether oxygens (including phenoxy) is 2. The predicted octanol–water partition coefficient (Wildman–Crippen LogP) is 6.40. The maximum Gasteiger partial charge on any atom is 0.261 e. The Morgan fingerprint density at radius 1 is 0.881 bits per heavy atom. The summed E-state index contributed by atoms with van der Waals surface area (Å²) in [5.74, 6) is -12.7. The molecule has 5 rings (SSSR count). The number of carbonyl (C=O) groups excluding carboxylic acids is 1. The molecule has 3 aromatic rings. The van der Waals surface area contributed by atoms with Gasteiger partial charge in [-0.15, -0.1) is 0 Å². The van der Waals surface area contributed by atoms with E-state index < -0.39 is 46.8 Å². The quantitative estimate of drug-likeness (QED) is 0.189. The number of nitrogens with one attached hydrogen (secondary N) is 1. The highest BCUT2D eigenvalue weighted by Crippen LogP contribution is 2.42. The molecule has 1 amide bonds. The Balaban J connectivity index is 1.41. The number of amides is 1. The molecule has 42 heavy (non-hydrogen) atoms. The number of nitrogens with zero attached hydrogens (tertiary/aromatic N) is 1. The van der Waals surface area contributed by atoms with Crippen molar-refractivity contribution in [2.75, 3.05) is 25.0 Å². The molecule has 11 heteroatoms. The van der Waals surface area contributed by atoms with E-state index in [-0.39, 0.29) is 30.4 Å². The van der Waals surface area contributed by atoms with Gasteiger partial charge in [0, 0.05) is 23.7 Å². The second kappa shape index (κ2) is 12.9. The third-order valence-corrected chi connectivity index (χ3v) is 7.86. The Morgan fingerprint density at radius 2 is 1.52 bits per heavy atom. The van der Waals surface area contributed by atoms with Gasteiger partial charge in [0.25, 0.3) is 5.91 Å². The van der Waals surface area contributed by atoms with E-state index in [1.165, 1.54) is 18.6 Å². The number of hydrogen-bond donors (Lipinski definition) is 2. The molecule has 0 radical (unpaired) electrons. The van der Waals surface area contributed by atoms with Crippen LogP contribution in [0, 0.1) is 35.0 Å². The molecule has 0 bridgehead atoms. The summed E-state index contributed by atoms with van der Waals surface area (Å²) in [6, 6.07) is 13.6. The van der Waals surface area contributed by atoms with Gasteiger partial charge in [-0.2, -0.15) is 0 Å². The number of aliphatic hydroxyl groups is 1. The molecule has 2 N–H and O–H groups in total. The fourth-order valence-electron chi connectivity index (χ4n) is 5.49. The molecule has 2 aliphatic rings. The van der Waals surface area contributed by atoms with E-state index in [2.05, 4.69) is 17.1 Å². The summed E-state index contributed by atoms with van der Waals surface area (Å²) < 4.78 is 82.1. The van der Waals surface area contributed by atoms with E-state index in [9.17, 15) is 31.9 Å². The summed E-state index contributed by atoms with van der Waals surface area (Å²) in [7, 11) is 0. The van der Waals surface area contributed by atoms with E-state index >= 15 is 0 Å². The standard InChI is InChI=1S/C31H31F5N2O4/c1-17-22(15-38-12-3-2-4-13-38)41-31(42-29(17)19-10-8-18(16-39)9-11-19)20-6-5-7-21(14-20)37-30(40)23-24(32)26(34)28(36)27(35)25(23)33/h5-11,14,17,22,29,31,39H,2-4,12-13,15-16H2,1H3,(H,37,40)/t17-,22+,29+,31+/m0/s1. The summed E-state index contributed by atoms with van der Waals surface area (Å²) in [4.78, 5) is 15.0. The average Bonchev–Trinajstić information content (AvgIpc) is 3.01. The lowest BCUT2D eigenvalue weighted by atomic mass is 9.89. The van der Waals surface area contributed by atoms with Gasteiger partial charge in [0.05, 0.1) is 18.8 Å². The molecule has 0 aliphatic carbocycles. The van der Waals surface area contributed by atoms with Crippen LogP contribution < -0.4 is 5.32 Å². The first kappa shape index (κ1) is 30.1. The smallest absolute Gasteiger partial charge is 0.261 e. The topological polar surface area (TPSA) is 71.0 Å². The molecule has 2 fully saturated rings. The molecular formula is C31H31F5N2O4. The van der Waals surface area contributed by atoms with E-state index in [0.717, 1.165) is 37.1 Å². The van der Waals surface area contributed by atoms with E-state index in [4.69, 9.17) is 9.47 Å². The molecule has 224 valence electrons. The third-order valence-electron chi connectivity index (χ3n) is 7.86. The third kappa shape index (κ3) is 6.19. The maximum absolute atomic E-state index is 14.2. The summed E-state index contributed by atoms with van der Waals surface area (Å²) in [6.07, 6.45) is 1.92. The predicted molar refractivity (Wildman–Crippen MR) is 144 cm³/mol. The molecule has 3 aromatic carbocycles. The maximum atomic E-state index is 14.2. The zero-order valence-corrected chi connectivity index (χ0v) is 22.9. The van der Waals surface area contributed by atoms with Crippen molar-refractivity contribution in [1.29, 1.82) is 0 Å². The van der Waals surface area contributed by atoms with Gasteiger partial charge in [0.1, 0.15) is 5.56 Å². The van der Waals surface area contributed by atoms with E-state index in [1.54, 1.807) is 12.1 Å². The number of rotatable bonds is 7. The van der Waals surface area contributed by atoms with Crippen molar-refractivity contribution in [3.63, 3.8) is 0 Å². The van der Waals surface area contributed by atoms with Crippen LogP contribution in [0.5, 0.6) is 0 Å². The number of benzene rings is 3. The van der Waals surface area contributed by atoms with E-state index in [0.29, 0.717) is 12.1 Å². The van der Waals surface area contributed by atoms with Crippen molar-refractivity contribution in [2.24, 2.45) is 5.92 Å². The first-order chi connectivity index (χ1) is 20.2. The number of piperidine rings is 1. The highest BCUT2D eigenvalue weighted by Gasteiger charge is 2.39. The van der Waals surface area contributed by atoms with Gasteiger partial charge in [-0.1, -0.05) is 49.7 Å². The van der Waals surface area contributed by atoms with Crippen LogP contribution in [-0.2, 0) is 16.1 Å². The molecule has 0 spiro atoms. The van der Waals surface area contributed by atoms with Crippen LogP contribution in [0.1, 0.15) is 65.6 Å². The minimum atomic E-state index is -2.34. The normalized spacial score (nSPS) is 23.1. The van der Waals surface area contributed by atoms with Gasteiger partial charge in [0.2, 0.25) is 5.82 Å². The van der Waals surface area contributed by atoms with Crippen LogP contribution in [0.3, 0.4) is 0 Å². The molecule has 2 aliphatic heterocycles. The van der Waals surface area contributed by atoms with Crippen molar-refractivity contribution in [2.45, 2.75) is 51.3 Å². The molecule has 6 nitrogen and oxygen atoms in total. The van der Waals surface area contributed by atoms with Crippen molar-refractivity contribution in [3.8, 4) is 0 Å². The van der Waals surface area contributed by atoms with Gasteiger partial charge >= 0.3 is 0 Å². The molecule has 0 saturated carbocycles. The second-order valence-electron chi connectivity index (χ2n) is 10.7. The fraction of sp³-hybridized carbons (Fsp3) is 0.387. The number of aliphatic hydroxyl groups excluding tert-OH is 1. The monoisotopic (exact) mass is 590 g/mol. The fourth-order valence-corrected chi connectivity index (χ4v) is 5.49. The Morgan fingerprint density at radius 3 is 2.17 bits per heavy atom. The summed E-state index contributed by atoms with van der Waals surface area (Å²) in [5.41, 5.74) is 0.606. The number of anilines is 1. The molecule has 2 saturated heterocycles. The van der Waals surface area contributed by atoms with Crippen molar-refractivity contribution in [1.82, 2.24) is 4.90 Å². The van der Waals surface area contributed by atoms with Crippen LogP contribution in [0.15, 0.2) is 48.5 Å². The zero-order chi connectivity index (χ0) is 30.0. The number of halogens is 5. The van der Waals surface area contributed by atoms with Gasteiger partial charge in [-0.3, -0.25) is 4.79 Å². The minimum Gasteiger partial charge on any atom is -0.392 e. The van der Waals surface area contributed by atoms with Gasteiger partial charge in [0.15, 0.2) is 29.6 Å². The lowest BCUT2D eigenvalue weighted by Gasteiger charge is -2.43. The molecule has 0 aromatic heterocycles. The summed E-state index contributed by atoms with van der Waals surface area (Å²) >= 11 is 0. The summed E-state index contributed by atoms with van der Waals surface area (Å²) in [6.45, 7) is 4.58. The molecule has 0 unspecified atom stereocenters. The highest BCUT2D eigenvalue weighted by atomic mass is 19.2. The molecular weight excluding hydrogens is 559 g/mol. The highest BCUT2D eigenvalue weighted by molar-refractivity contribution is 6.04. The van der Waals surface area contributed by atoms with Crippen LogP contribution in [0.2, 0.25) is 0 Å². The largest absolute Gasteiger partial charge is 0.392 e. The van der Waals surface area contributed by atoms with Crippen molar-refractivity contribution < 1.29 is 41.3 Å². The van der Waals surface area contributed by atoms with E-state index in [1.807, 2.05) is 24.3 Å². The van der Waals surface area contributed by atoms with Gasteiger partial charge in [-0.05, 0) is 49.2 Å². The Kier molecular flexibility index (Phi) is 9.22. The number of likely N-dealkylation sites (tertiary alicyclic amines) is 1. The first-order valence-corrected chi connectivity index (χ1v) is 13.8. The Labute approximate surface area is 240 Å². The number of hydrogen-bond acceptors (Lipinski definition) is 5. The first-order valence-electron chi connectivity index (χ1n) is 13.8. The van der Waals surface area contributed by atoms with Gasteiger partial charge in [-0.25, -0.2) is 22.0 Å². The Bertz CT molecular complexity index is 1400. The summed E-state index contributed by atoms with van der Waals surface area (Å²) in [5, 5.41) is 11.7. The second-order valence-corrected chi connectivity index (χ2v) is 10.7. The lowest BCUT2D eigenvalue weighted by Crippen LogP contribution is -2.45. The lowest BCUT2D eigenvalue weighted by molar-refractivity contribution is -0.276. The molecule has 2 heterocycles. The Hall–Kier alpha value is -3.38. The van der Waals surface area contributed by atoms with Gasteiger partial charge < -0.3 is 24.8 Å². The van der Waals surface area contributed by atoms with Crippen LogP contribution >= 0.6 is 0 Å². The number of carbonyl (C=O) groups is 1. The zero-order valence-electron chi connectivity index (χ0n) is 22.9.